The molecule has 4 rings (SSSR count). The summed E-state index contributed by atoms with van der Waals surface area (Å²) in [6.07, 6.45) is 0. The molecule has 0 bridgehead atoms. The normalized spacial score (nSPS) is 20.5. The average Bonchev–Trinajstić information content (AvgIpc) is 3.42. The Kier molecular flexibility index (Phi) is 6.35. The molecule has 0 aliphatic carbocycles. The Morgan fingerprint density at radius 1 is 1.03 bits per heavy atom. The van der Waals surface area contributed by atoms with E-state index < -0.39 is 23.8 Å². The zero-order chi connectivity index (χ0) is 22.1. The quantitative estimate of drug-likeness (QED) is 0.394. The summed E-state index contributed by atoms with van der Waals surface area (Å²) in [5.41, 5.74) is 1.25. The summed E-state index contributed by atoms with van der Waals surface area (Å²) in [6.45, 7) is 0. The minimum absolute atomic E-state index is 0.0940. The number of benzene rings is 1. The molecule has 0 aromatic heterocycles. The van der Waals surface area contributed by atoms with Crippen molar-refractivity contribution >= 4 is 59.0 Å². The number of ether oxygens (including phenoxy) is 2. The molecule has 162 valence electrons. The molecule has 2 amide bonds. The van der Waals surface area contributed by atoms with E-state index in [9.17, 15) is 19.2 Å². The third-order valence-electron chi connectivity index (χ3n) is 4.84. The van der Waals surface area contributed by atoms with Crippen molar-refractivity contribution in [2.24, 2.45) is 0 Å². The van der Waals surface area contributed by atoms with Crippen LogP contribution in [-0.2, 0) is 19.1 Å². The Hall–Kier alpha value is -2.37. The number of thioether (sulfide) groups is 3. The van der Waals surface area contributed by atoms with E-state index in [1.807, 2.05) is 0 Å². The van der Waals surface area contributed by atoms with E-state index in [-0.39, 0.29) is 32.1 Å². The molecule has 1 saturated heterocycles. The van der Waals surface area contributed by atoms with Gasteiger partial charge in [0.25, 0.3) is 11.8 Å². The first-order chi connectivity index (χ1) is 15.0. The number of hydrogen-bond donors (Lipinski definition) is 1. The fourth-order valence-electron chi connectivity index (χ4n) is 3.38. The number of hydrogen-bond acceptors (Lipinski definition) is 10. The van der Waals surface area contributed by atoms with E-state index in [4.69, 9.17) is 9.47 Å². The minimum atomic E-state index is -0.859. The molecule has 0 spiro atoms. The van der Waals surface area contributed by atoms with Crippen LogP contribution in [0, 0.1) is 0 Å². The molecule has 1 N–H and O–H groups in total. The molecule has 1 fully saturated rings. The molecule has 0 radical (unpaired) electrons. The van der Waals surface area contributed by atoms with E-state index >= 15 is 0 Å². The maximum atomic E-state index is 13.0. The highest BCUT2D eigenvalue weighted by molar-refractivity contribution is 8.20. The van der Waals surface area contributed by atoms with E-state index in [1.54, 1.807) is 35.7 Å². The molecule has 0 atom stereocenters. The average molecular weight is 479 g/mol. The minimum Gasteiger partial charge on any atom is -0.464 e. The third-order valence-corrected chi connectivity index (χ3v) is 9.01. The number of rotatable bonds is 4. The number of amides is 2. The van der Waals surface area contributed by atoms with Gasteiger partial charge in [-0.1, -0.05) is 12.1 Å². The first-order valence-electron chi connectivity index (χ1n) is 9.22. The van der Waals surface area contributed by atoms with Gasteiger partial charge in [-0.05, 0) is 17.7 Å². The molecule has 11 heteroatoms. The first-order valence-corrected chi connectivity index (χ1v) is 12.3. The third kappa shape index (κ3) is 3.85. The topological polar surface area (TPSA) is 102 Å². The predicted octanol–water partition coefficient (Wildman–Crippen LogP) is 2.19. The Balaban J connectivity index is 1.79. The highest BCUT2D eigenvalue weighted by Gasteiger charge is 2.43. The van der Waals surface area contributed by atoms with E-state index in [0.717, 1.165) is 22.0 Å². The molecule has 1 aromatic carbocycles. The van der Waals surface area contributed by atoms with Crippen LogP contribution in [0.1, 0.15) is 20.7 Å². The van der Waals surface area contributed by atoms with Crippen LogP contribution in [0.3, 0.4) is 0 Å². The fourth-order valence-corrected chi connectivity index (χ4v) is 7.66. The van der Waals surface area contributed by atoms with Crippen molar-refractivity contribution in [2.45, 2.75) is 4.58 Å². The SMILES string of the molecule is COC(=O)C1=C(C2SCCS2)CS/C(=C(/C(=O)OC)N2C(=O)c3ccccc3C2=O)N1. The summed E-state index contributed by atoms with van der Waals surface area (Å²) >= 11 is 4.71. The number of fused-ring (bicyclic) bond motifs is 1. The van der Waals surface area contributed by atoms with Crippen molar-refractivity contribution in [1.82, 2.24) is 10.2 Å². The molecular formula is C20H18N2O6S3. The molecule has 0 unspecified atom stereocenters. The maximum absolute atomic E-state index is 13.0. The number of imide groups is 1. The van der Waals surface area contributed by atoms with Crippen LogP contribution in [0.4, 0.5) is 0 Å². The van der Waals surface area contributed by atoms with Gasteiger partial charge in [-0.3, -0.25) is 9.59 Å². The van der Waals surface area contributed by atoms with Gasteiger partial charge in [0.1, 0.15) is 10.7 Å². The predicted molar refractivity (Wildman–Crippen MR) is 119 cm³/mol. The van der Waals surface area contributed by atoms with E-state index in [0.29, 0.717) is 5.75 Å². The van der Waals surface area contributed by atoms with Crippen LogP contribution in [-0.4, -0.2) is 64.7 Å². The van der Waals surface area contributed by atoms with Gasteiger partial charge in [0.15, 0.2) is 5.70 Å². The van der Waals surface area contributed by atoms with Crippen molar-refractivity contribution in [2.75, 3.05) is 31.5 Å². The lowest BCUT2D eigenvalue weighted by Crippen LogP contribution is -2.38. The molecular weight excluding hydrogens is 460 g/mol. The number of carbonyl (C=O) groups is 4. The standard InChI is InChI=1S/C20H18N2O6S3/c1-27-18(25)13-12(20-29-7-8-30-20)9-31-15(21-13)14(19(26)28-2)22-16(23)10-5-3-4-6-11(10)17(22)24/h3-6,20-21H,7-9H2,1-2H3/b15-14-. The lowest BCUT2D eigenvalue weighted by molar-refractivity contribution is -0.138. The van der Waals surface area contributed by atoms with Gasteiger partial charge >= 0.3 is 11.9 Å². The van der Waals surface area contributed by atoms with Crippen LogP contribution >= 0.6 is 35.3 Å². The molecule has 0 saturated carbocycles. The van der Waals surface area contributed by atoms with Crippen molar-refractivity contribution in [1.29, 1.82) is 0 Å². The Bertz CT molecular complexity index is 1010. The number of methoxy groups -OCH3 is 2. The van der Waals surface area contributed by atoms with Crippen molar-refractivity contribution < 1.29 is 28.7 Å². The van der Waals surface area contributed by atoms with Gasteiger partial charge in [0, 0.05) is 17.3 Å². The summed E-state index contributed by atoms with van der Waals surface area (Å²) in [7, 11) is 2.45. The fraction of sp³-hybridized carbons (Fsp3) is 0.300. The van der Waals surface area contributed by atoms with Gasteiger partial charge in [-0.2, -0.15) is 0 Å². The van der Waals surface area contributed by atoms with Gasteiger partial charge in [0.05, 0.1) is 29.9 Å². The number of nitrogens with zero attached hydrogens (tertiary/aromatic N) is 1. The largest absolute Gasteiger partial charge is 0.464 e. The van der Waals surface area contributed by atoms with E-state index in [1.165, 1.54) is 38.1 Å². The smallest absolute Gasteiger partial charge is 0.358 e. The number of nitrogens with one attached hydrogen (secondary N) is 1. The summed E-state index contributed by atoms with van der Waals surface area (Å²) in [4.78, 5) is 52.0. The van der Waals surface area contributed by atoms with Crippen LogP contribution < -0.4 is 5.32 Å². The van der Waals surface area contributed by atoms with Crippen LogP contribution in [0.15, 0.2) is 46.3 Å². The van der Waals surface area contributed by atoms with Crippen molar-refractivity contribution in [3.63, 3.8) is 0 Å². The monoisotopic (exact) mass is 478 g/mol. The highest BCUT2D eigenvalue weighted by Crippen LogP contribution is 2.43. The second-order valence-corrected chi connectivity index (χ2v) is 10.2. The zero-order valence-corrected chi connectivity index (χ0v) is 19.1. The highest BCUT2D eigenvalue weighted by atomic mass is 32.2. The summed E-state index contributed by atoms with van der Waals surface area (Å²) in [6, 6.07) is 6.35. The molecule has 3 aliphatic rings. The van der Waals surface area contributed by atoms with Gasteiger partial charge in [0.2, 0.25) is 0 Å². The molecule has 1 aromatic rings. The van der Waals surface area contributed by atoms with Crippen LogP contribution in [0.2, 0.25) is 0 Å². The Labute approximate surface area is 191 Å². The van der Waals surface area contributed by atoms with Crippen LogP contribution in [0.5, 0.6) is 0 Å². The summed E-state index contributed by atoms with van der Waals surface area (Å²) in [5, 5.41) is 3.16. The molecule has 31 heavy (non-hydrogen) atoms. The first kappa shape index (κ1) is 21.8. The van der Waals surface area contributed by atoms with E-state index in [2.05, 4.69) is 5.32 Å². The van der Waals surface area contributed by atoms with Gasteiger partial charge < -0.3 is 14.8 Å². The lowest BCUT2D eigenvalue weighted by Gasteiger charge is -2.28. The van der Waals surface area contributed by atoms with Gasteiger partial charge in [-0.25, -0.2) is 14.5 Å². The Morgan fingerprint density at radius 2 is 1.65 bits per heavy atom. The Morgan fingerprint density at radius 3 is 2.19 bits per heavy atom. The number of esters is 2. The molecule has 8 nitrogen and oxygen atoms in total. The van der Waals surface area contributed by atoms with Gasteiger partial charge in [-0.15, -0.1) is 35.3 Å². The molecule has 3 aliphatic heterocycles. The number of carbonyl (C=O) groups excluding carboxylic acids is 4. The maximum Gasteiger partial charge on any atom is 0.358 e. The van der Waals surface area contributed by atoms with Crippen molar-refractivity contribution in [3.05, 3.63) is 57.4 Å². The second kappa shape index (κ2) is 9.01. The summed E-state index contributed by atoms with van der Waals surface area (Å²) in [5.74, 6) is -0.318. The van der Waals surface area contributed by atoms with Crippen LogP contribution in [0.25, 0.3) is 0 Å². The zero-order valence-electron chi connectivity index (χ0n) is 16.6. The van der Waals surface area contributed by atoms with Crippen molar-refractivity contribution in [3.8, 4) is 0 Å². The molecule has 3 heterocycles. The summed E-state index contributed by atoms with van der Waals surface area (Å²) < 4.78 is 9.92. The second-order valence-electron chi connectivity index (χ2n) is 6.54. The lowest BCUT2D eigenvalue weighted by atomic mass is 10.1.